The molecule has 5 N–H and O–H groups in total. The Bertz CT molecular complexity index is 274. The van der Waals surface area contributed by atoms with Crippen molar-refractivity contribution in [1.29, 1.82) is 0 Å². The summed E-state index contributed by atoms with van der Waals surface area (Å²) in [5, 5.41) is 40.3. The summed E-state index contributed by atoms with van der Waals surface area (Å²) in [6.45, 7) is 1.42. The number of hydrogen-bond donors (Lipinski definition) is 5. The summed E-state index contributed by atoms with van der Waals surface area (Å²) in [5.74, 6) is -0.321. The fraction of sp³-hybridized carbons (Fsp3) is 0.909. The van der Waals surface area contributed by atoms with Gasteiger partial charge in [-0.2, -0.15) is 0 Å². The maximum atomic E-state index is 11.5. The van der Waals surface area contributed by atoms with Crippen molar-refractivity contribution in [2.75, 3.05) is 6.61 Å². The van der Waals surface area contributed by atoms with Crippen LogP contribution in [0, 0.1) is 0 Å². The van der Waals surface area contributed by atoms with Gasteiger partial charge in [0.1, 0.15) is 24.4 Å². The smallest absolute Gasteiger partial charge is 0.220 e. The molecule has 1 fully saturated rings. The molecule has 0 aromatic carbocycles. The Hall–Kier alpha value is -0.730. The van der Waals surface area contributed by atoms with E-state index in [1.807, 2.05) is 6.92 Å². The molecular formula is C11H21NO6. The van der Waals surface area contributed by atoms with Crippen molar-refractivity contribution >= 4 is 5.91 Å². The zero-order valence-electron chi connectivity index (χ0n) is 10.3. The lowest BCUT2D eigenvalue weighted by Crippen LogP contribution is -2.64. The van der Waals surface area contributed by atoms with Crippen molar-refractivity contribution < 1.29 is 30.0 Å². The number of nitrogens with one attached hydrogen (secondary N) is 1. The number of aliphatic hydroxyl groups excluding tert-OH is 4. The van der Waals surface area contributed by atoms with E-state index >= 15 is 0 Å². The van der Waals surface area contributed by atoms with Crippen molar-refractivity contribution in [2.24, 2.45) is 0 Å². The minimum Gasteiger partial charge on any atom is -0.394 e. The highest BCUT2D eigenvalue weighted by molar-refractivity contribution is 5.76. The molecule has 7 nitrogen and oxygen atoms in total. The molecule has 18 heavy (non-hydrogen) atoms. The van der Waals surface area contributed by atoms with Crippen LogP contribution in [0.2, 0.25) is 0 Å². The van der Waals surface area contributed by atoms with Gasteiger partial charge in [-0.3, -0.25) is 4.79 Å². The summed E-state index contributed by atoms with van der Waals surface area (Å²) in [6.07, 6.45) is -3.40. The minimum atomic E-state index is -1.45. The van der Waals surface area contributed by atoms with Crippen molar-refractivity contribution in [3.05, 3.63) is 0 Å². The van der Waals surface area contributed by atoms with Crippen LogP contribution in [-0.2, 0) is 9.53 Å². The molecule has 1 unspecified atom stereocenters. The lowest BCUT2D eigenvalue weighted by atomic mass is 9.97. The topological polar surface area (TPSA) is 119 Å². The molecule has 0 aromatic rings. The molecule has 1 amide bonds. The van der Waals surface area contributed by atoms with E-state index in [1.54, 1.807) is 0 Å². The van der Waals surface area contributed by atoms with Gasteiger partial charge in [0.15, 0.2) is 6.29 Å². The standard InChI is InChI=1S/C11H21NO6/c1-2-3-4-7(14)12-8-10(16)9(15)6(5-13)18-11(8)17/h6,8-11,13,15-17H,2-5H2,1H3,(H,12,14)/t6-,8-,9-,10-,11?/m1/s1. The molecule has 106 valence electrons. The molecule has 0 aromatic heterocycles. The molecule has 0 spiro atoms. The van der Waals surface area contributed by atoms with Crippen molar-refractivity contribution in [3.8, 4) is 0 Å². The third-order valence-electron chi connectivity index (χ3n) is 2.99. The number of carbonyl (C=O) groups excluding carboxylic acids is 1. The number of amides is 1. The third-order valence-corrected chi connectivity index (χ3v) is 2.99. The Morgan fingerprint density at radius 2 is 1.94 bits per heavy atom. The Balaban J connectivity index is 2.57. The van der Waals surface area contributed by atoms with E-state index in [2.05, 4.69) is 5.32 Å². The van der Waals surface area contributed by atoms with Crippen molar-refractivity contribution in [1.82, 2.24) is 5.32 Å². The molecule has 0 saturated carbocycles. The van der Waals surface area contributed by atoms with Crippen LogP contribution in [0.15, 0.2) is 0 Å². The summed E-state index contributed by atoms with van der Waals surface area (Å²) in [6, 6.07) is -1.09. The van der Waals surface area contributed by atoms with Crippen molar-refractivity contribution in [3.63, 3.8) is 0 Å². The SMILES string of the molecule is CCCCC(=O)N[C@H]1C(O)O[C@H](CO)[C@@H](O)[C@@H]1O. The summed E-state index contributed by atoms with van der Waals surface area (Å²) in [7, 11) is 0. The van der Waals surface area contributed by atoms with E-state index in [1.165, 1.54) is 0 Å². The van der Waals surface area contributed by atoms with Crippen LogP contribution in [0.3, 0.4) is 0 Å². The molecule has 7 heteroatoms. The Morgan fingerprint density at radius 1 is 1.28 bits per heavy atom. The van der Waals surface area contributed by atoms with Gasteiger partial charge < -0.3 is 30.5 Å². The molecule has 0 radical (unpaired) electrons. The van der Waals surface area contributed by atoms with Crippen LogP contribution in [0.25, 0.3) is 0 Å². The molecule has 1 heterocycles. The van der Waals surface area contributed by atoms with Gasteiger partial charge in [0.25, 0.3) is 0 Å². The van der Waals surface area contributed by atoms with Gasteiger partial charge in [-0.05, 0) is 6.42 Å². The van der Waals surface area contributed by atoms with E-state index in [9.17, 15) is 20.1 Å². The van der Waals surface area contributed by atoms with Gasteiger partial charge in [-0.1, -0.05) is 13.3 Å². The molecular weight excluding hydrogens is 242 g/mol. The average molecular weight is 263 g/mol. The van der Waals surface area contributed by atoms with E-state index in [-0.39, 0.29) is 12.3 Å². The number of unbranched alkanes of at least 4 members (excludes halogenated alkanes) is 1. The Labute approximate surface area is 105 Å². The number of hydrogen-bond acceptors (Lipinski definition) is 6. The van der Waals surface area contributed by atoms with Gasteiger partial charge in [0.05, 0.1) is 6.61 Å². The number of carbonyl (C=O) groups is 1. The normalized spacial score (nSPS) is 36.4. The number of ether oxygens (including phenoxy) is 1. The van der Waals surface area contributed by atoms with Gasteiger partial charge in [0, 0.05) is 6.42 Å². The number of rotatable bonds is 5. The predicted molar refractivity (Wildman–Crippen MR) is 61.4 cm³/mol. The second kappa shape index (κ2) is 7.01. The lowest BCUT2D eigenvalue weighted by molar-refractivity contribution is -0.253. The lowest BCUT2D eigenvalue weighted by Gasteiger charge is -2.40. The zero-order valence-corrected chi connectivity index (χ0v) is 10.3. The first-order valence-corrected chi connectivity index (χ1v) is 6.11. The quantitative estimate of drug-likeness (QED) is 0.395. The Kier molecular flexibility index (Phi) is 5.97. The number of aliphatic hydroxyl groups is 4. The van der Waals surface area contributed by atoms with E-state index in [0.29, 0.717) is 6.42 Å². The van der Waals surface area contributed by atoms with E-state index in [0.717, 1.165) is 6.42 Å². The van der Waals surface area contributed by atoms with Crippen LogP contribution in [0.1, 0.15) is 26.2 Å². The molecule has 5 atom stereocenters. The highest BCUT2D eigenvalue weighted by atomic mass is 16.6. The minimum absolute atomic E-state index is 0.284. The van der Waals surface area contributed by atoms with Gasteiger partial charge in [-0.25, -0.2) is 0 Å². The van der Waals surface area contributed by atoms with E-state index < -0.39 is 37.3 Å². The third kappa shape index (κ3) is 3.63. The van der Waals surface area contributed by atoms with Crippen LogP contribution >= 0.6 is 0 Å². The van der Waals surface area contributed by atoms with Gasteiger partial charge >= 0.3 is 0 Å². The maximum Gasteiger partial charge on any atom is 0.220 e. The average Bonchev–Trinajstić information content (AvgIpc) is 2.36. The summed E-state index contributed by atoms with van der Waals surface area (Å²) >= 11 is 0. The molecule has 1 aliphatic heterocycles. The van der Waals surface area contributed by atoms with Crippen LogP contribution < -0.4 is 5.32 Å². The van der Waals surface area contributed by atoms with Crippen molar-refractivity contribution in [2.45, 2.75) is 56.8 Å². The maximum absolute atomic E-state index is 11.5. The Morgan fingerprint density at radius 3 is 2.50 bits per heavy atom. The van der Waals surface area contributed by atoms with Crippen LogP contribution in [-0.4, -0.2) is 63.6 Å². The summed E-state index contributed by atoms with van der Waals surface area (Å²) in [5.41, 5.74) is 0. The largest absolute Gasteiger partial charge is 0.394 e. The molecule has 1 rings (SSSR count). The van der Waals surface area contributed by atoms with Crippen LogP contribution in [0.4, 0.5) is 0 Å². The molecule has 0 aliphatic carbocycles. The zero-order chi connectivity index (χ0) is 13.7. The summed E-state index contributed by atoms with van der Waals surface area (Å²) < 4.78 is 4.92. The first kappa shape index (κ1) is 15.3. The second-order valence-corrected chi connectivity index (χ2v) is 4.43. The highest BCUT2D eigenvalue weighted by Crippen LogP contribution is 2.19. The monoisotopic (exact) mass is 263 g/mol. The van der Waals surface area contributed by atoms with Gasteiger partial charge in [-0.15, -0.1) is 0 Å². The van der Waals surface area contributed by atoms with E-state index in [4.69, 9.17) is 9.84 Å². The van der Waals surface area contributed by atoms with Gasteiger partial charge in [0.2, 0.25) is 5.91 Å². The molecule has 1 saturated heterocycles. The first-order chi connectivity index (χ1) is 8.51. The first-order valence-electron chi connectivity index (χ1n) is 6.11. The molecule has 0 bridgehead atoms. The fourth-order valence-corrected chi connectivity index (χ4v) is 1.85. The highest BCUT2D eigenvalue weighted by Gasteiger charge is 2.44. The van der Waals surface area contributed by atoms with Crippen LogP contribution in [0.5, 0.6) is 0 Å². The summed E-state index contributed by atoms with van der Waals surface area (Å²) in [4.78, 5) is 11.5. The fourth-order valence-electron chi connectivity index (χ4n) is 1.85. The molecule has 1 aliphatic rings. The predicted octanol–water partition coefficient (Wildman–Crippen LogP) is -1.91. The second-order valence-electron chi connectivity index (χ2n) is 4.43.